The molecular formula is C16H23NO2. The summed E-state index contributed by atoms with van der Waals surface area (Å²) in [5, 5.41) is 0. The van der Waals surface area contributed by atoms with Gasteiger partial charge >= 0.3 is 0 Å². The van der Waals surface area contributed by atoms with Crippen LogP contribution in [0.1, 0.15) is 37.6 Å². The number of carbonyl (C=O) groups excluding carboxylic acids is 1. The summed E-state index contributed by atoms with van der Waals surface area (Å²) in [4.78, 5) is 14.6. The number of hydrogen-bond donors (Lipinski definition) is 0. The van der Waals surface area contributed by atoms with E-state index in [1.807, 2.05) is 36.1 Å². The third-order valence-corrected chi connectivity index (χ3v) is 3.57. The Labute approximate surface area is 115 Å². The predicted octanol–water partition coefficient (Wildman–Crippen LogP) is 3.20. The second-order valence-electron chi connectivity index (χ2n) is 5.59. The number of amides is 1. The molecule has 3 heteroatoms. The highest BCUT2D eigenvalue weighted by atomic mass is 16.5. The van der Waals surface area contributed by atoms with E-state index in [9.17, 15) is 4.79 Å². The zero-order valence-corrected chi connectivity index (χ0v) is 12.1. The van der Waals surface area contributed by atoms with Crippen LogP contribution in [0.3, 0.4) is 0 Å². The molecule has 0 N–H and O–H groups in total. The van der Waals surface area contributed by atoms with Crippen molar-refractivity contribution in [3.63, 3.8) is 0 Å². The molecule has 1 aromatic carbocycles. The monoisotopic (exact) mass is 261 g/mol. The van der Waals surface area contributed by atoms with Crippen molar-refractivity contribution >= 4 is 5.91 Å². The highest BCUT2D eigenvalue weighted by Gasteiger charge is 2.27. The molecule has 0 bridgehead atoms. The largest absolute Gasteiger partial charge is 0.493 e. The summed E-state index contributed by atoms with van der Waals surface area (Å²) >= 11 is 0. The SMILES string of the molecule is CCOc1ccccc1C(=O)N1CC(C)CC(C)C1. The Hall–Kier alpha value is -1.51. The average molecular weight is 261 g/mol. The molecule has 3 nitrogen and oxygen atoms in total. The number of nitrogens with zero attached hydrogens (tertiary/aromatic N) is 1. The van der Waals surface area contributed by atoms with Crippen LogP contribution >= 0.6 is 0 Å². The normalized spacial score (nSPS) is 23.2. The molecule has 104 valence electrons. The summed E-state index contributed by atoms with van der Waals surface area (Å²) in [6.07, 6.45) is 1.21. The Morgan fingerprint density at radius 3 is 2.53 bits per heavy atom. The highest BCUT2D eigenvalue weighted by molar-refractivity contribution is 5.97. The lowest BCUT2D eigenvalue weighted by atomic mass is 9.91. The average Bonchev–Trinajstić information content (AvgIpc) is 2.38. The molecule has 1 amide bonds. The van der Waals surface area contributed by atoms with Crippen LogP contribution in [0.15, 0.2) is 24.3 Å². The molecule has 0 spiro atoms. The highest BCUT2D eigenvalue weighted by Crippen LogP contribution is 2.25. The van der Waals surface area contributed by atoms with Gasteiger partial charge in [-0.1, -0.05) is 26.0 Å². The predicted molar refractivity (Wildman–Crippen MR) is 76.5 cm³/mol. The molecule has 2 rings (SSSR count). The van der Waals surface area contributed by atoms with Gasteiger partial charge in [-0.15, -0.1) is 0 Å². The first-order valence-corrected chi connectivity index (χ1v) is 7.13. The maximum Gasteiger partial charge on any atom is 0.257 e. The molecule has 19 heavy (non-hydrogen) atoms. The van der Waals surface area contributed by atoms with Gasteiger partial charge in [-0.25, -0.2) is 0 Å². The number of carbonyl (C=O) groups is 1. The van der Waals surface area contributed by atoms with Crippen molar-refractivity contribution in [2.45, 2.75) is 27.2 Å². The van der Waals surface area contributed by atoms with Gasteiger partial charge in [0.15, 0.2) is 0 Å². The first-order chi connectivity index (χ1) is 9.11. The van der Waals surface area contributed by atoms with Crippen LogP contribution in [0, 0.1) is 11.8 Å². The molecule has 0 radical (unpaired) electrons. The lowest BCUT2D eigenvalue weighted by Gasteiger charge is -2.35. The van der Waals surface area contributed by atoms with E-state index in [1.165, 1.54) is 6.42 Å². The van der Waals surface area contributed by atoms with E-state index in [4.69, 9.17) is 4.74 Å². The van der Waals surface area contributed by atoms with Crippen LogP contribution in [0.25, 0.3) is 0 Å². The number of ether oxygens (including phenoxy) is 1. The lowest BCUT2D eigenvalue weighted by molar-refractivity contribution is 0.0619. The van der Waals surface area contributed by atoms with Crippen molar-refractivity contribution < 1.29 is 9.53 Å². The molecule has 2 unspecified atom stereocenters. The molecule has 1 aliphatic rings. The van der Waals surface area contributed by atoms with Crippen molar-refractivity contribution in [1.29, 1.82) is 0 Å². The fourth-order valence-corrected chi connectivity index (χ4v) is 2.92. The number of hydrogen-bond acceptors (Lipinski definition) is 2. The molecule has 1 saturated heterocycles. The second kappa shape index (κ2) is 6.09. The first kappa shape index (κ1) is 13.9. The van der Waals surface area contributed by atoms with Gasteiger partial charge in [0.05, 0.1) is 12.2 Å². The number of likely N-dealkylation sites (tertiary alicyclic amines) is 1. The number of benzene rings is 1. The van der Waals surface area contributed by atoms with E-state index in [-0.39, 0.29) is 5.91 Å². The van der Waals surface area contributed by atoms with Crippen molar-refractivity contribution in [2.75, 3.05) is 19.7 Å². The van der Waals surface area contributed by atoms with Gasteiger partial charge in [0.1, 0.15) is 5.75 Å². The van der Waals surface area contributed by atoms with Crippen LogP contribution in [0.2, 0.25) is 0 Å². The first-order valence-electron chi connectivity index (χ1n) is 7.13. The minimum atomic E-state index is 0.0995. The molecule has 2 atom stereocenters. The van der Waals surface area contributed by atoms with Crippen LogP contribution in [0.4, 0.5) is 0 Å². The summed E-state index contributed by atoms with van der Waals surface area (Å²) < 4.78 is 5.56. The summed E-state index contributed by atoms with van der Waals surface area (Å²) in [6, 6.07) is 7.53. The van der Waals surface area contributed by atoms with Crippen molar-refractivity contribution in [3.05, 3.63) is 29.8 Å². The molecule has 1 heterocycles. The van der Waals surface area contributed by atoms with E-state index in [2.05, 4.69) is 13.8 Å². The molecule has 0 aromatic heterocycles. The van der Waals surface area contributed by atoms with Crippen molar-refractivity contribution in [2.24, 2.45) is 11.8 Å². The maximum absolute atomic E-state index is 12.6. The standard InChI is InChI=1S/C16H23NO2/c1-4-19-15-8-6-5-7-14(15)16(18)17-10-12(2)9-13(3)11-17/h5-8,12-13H,4,9-11H2,1-3H3. The zero-order valence-electron chi connectivity index (χ0n) is 12.1. The summed E-state index contributed by atoms with van der Waals surface area (Å²) in [5.74, 6) is 1.95. The summed E-state index contributed by atoms with van der Waals surface area (Å²) in [5.41, 5.74) is 0.686. The fourth-order valence-electron chi connectivity index (χ4n) is 2.92. The summed E-state index contributed by atoms with van der Waals surface area (Å²) in [7, 11) is 0. The molecule has 1 aliphatic heterocycles. The van der Waals surface area contributed by atoms with Crippen LogP contribution < -0.4 is 4.74 Å². The van der Waals surface area contributed by atoms with Crippen molar-refractivity contribution in [1.82, 2.24) is 4.90 Å². The number of para-hydroxylation sites is 1. The second-order valence-corrected chi connectivity index (χ2v) is 5.59. The summed E-state index contributed by atoms with van der Waals surface area (Å²) in [6.45, 7) is 8.64. The molecule has 0 saturated carbocycles. The van der Waals surface area contributed by atoms with Gasteiger partial charge in [-0.2, -0.15) is 0 Å². The molecule has 1 fully saturated rings. The quantitative estimate of drug-likeness (QED) is 0.836. The van der Waals surface area contributed by atoms with Gasteiger partial charge in [-0.05, 0) is 37.3 Å². The lowest BCUT2D eigenvalue weighted by Crippen LogP contribution is -2.42. The van der Waals surface area contributed by atoms with E-state index in [1.54, 1.807) is 0 Å². The minimum absolute atomic E-state index is 0.0995. The Bertz CT molecular complexity index is 434. The van der Waals surface area contributed by atoms with Crippen molar-refractivity contribution in [3.8, 4) is 5.75 Å². The Morgan fingerprint density at radius 2 is 1.89 bits per heavy atom. The Morgan fingerprint density at radius 1 is 1.26 bits per heavy atom. The molecule has 1 aromatic rings. The van der Waals surface area contributed by atoms with E-state index < -0.39 is 0 Å². The fraction of sp³-hybridized carbons (Fsp3) is 0.562. The number of piperidine rings is 1. The van der Waals surface area contributed by atoms with Gasteiger partial charge in [0, 0.05) is 13.1 Å². The van der Waals surface area contributed by atoms with E-state index in [0.29, 0.717) is 29.8 Å². The molecule has 0 aliphatic carbocycles. The Kier molecular flexibility index (Phi) is 4.46. The molecular weight excluding hydrogens is 238 g/mol. The van der Waals surface area contributed by atoms with Crippen LogP contribution in [-0.4, -0.2) is 30.5 Å². The van der Waals surface area contributed by atoms with Gasteiger partial charge in [-0.3, -0.25) is 4.79 Å². The zero-order chi connectivity index (χ0) is 13.8. The van der Waals surface area contributed by atoms with E-state index >= 15 is 0 Å². The smallest absolute Gasteiger partial charge is 0.257 e. The van der Waals surface area contributed by atoms with Gasteiger partial charge in [0.25, 0.3) is 5.91 Å². The maximum atomic E-state index is 12.6. The third-order valence-electron chi connectivity index (χ3n) is 3.57. The van der Waals surface area contributed by atoms with Crippen LogP contribution in [0.5, 0.6) is 5.75 Å². The Balaban J connectivity index is 2.19. The van der Waals surface area contributed by atoms with Gasteiger partial charge in [0.2, 0.25) is 0 Å². The third kappa shape index (κ3) is 3.28. The van der Waals surface area contributed by atoms with Crippen LogP contribution in [-0.2, 0) is 0 Å². The number of rotatable bonds is 3. The van der Waals surface area contributed by atoms with Gasteiger partial charge < -0.3 is 9.64 Å². The topological polar surface area (TPSA) is 29.5 Å². The van der Waals surface area contributed by atoms with E-state index in [0.717, 1.165) is 13.1 Å². The minimum Gasteiger partial charge on any atom is -0.493 e.